The zero-order chi connectivity index (χ0) is 24.7. The largest absolute Gasteiger partial charge is 0.463 e. The smallest absolute Gasteiger partial charge is 0.330 e. The monoisotopic (exact) mass is 464 g/mol. The van der Waals surface area contributed by atoms with Crippen LogP contribution in [-0.4, -0.2) is 49.3 Å². The molecule has 0 fully saturated rings. The van der Waals surface area contributed by atoms with Crippen molar-refractivity contribution < 1.29 is 23.5 Å². The average molecular weight is 465 g/mol. The van der Waals surface area contributed by atoms with E-state index in [-0.39, 0.29) is 11.9 Å². The van der Waals surface area contributed by atoms with Crippen LogP contribution in [0, 0.1) is 5.92 Å². The Labute approximate surface area is 204 Å². The van der Waals surface area contributed by atoms with Crippen molar-refractivity contribution in [3.05, 3.63) is 97.1 Å². The molecule has 2 unspecified atom stereocenters. The van der Waals surface area contributed by atoms with E-state index in [1.165, 1.54) is 23.3 Å². The maximum atomic E-state index is 11.6. The van der Waals surface area contributed by atoms with E-state index in [4.69, 9.17) is 9.47 Å². The lowest BCUT2D eigenvalue weighted by molar-refractivity contribution is -0.942. The lowest BCUT2D eigenvalue weighted by atomic mass is 9.94. The summed E-state index contributed by atoms with van der Waals surface area (Å²) in [5.41, 5.74) is 2.56. The molecule has 0 radical (unpaired) electrons. The maximum absolute atomic E-state index is 11.6. The number of ether oxygens (including phenoxy) is 2. The molecule has 0 saturated heterocycles. The van der Waals surface area contributed by atoms with Gasteiger partial charge in [0, 0.05) is 30.1 Å². The fourth-order valence-electron chi connectivity index (χ4n) is 4.37. The maximum Gasteiger partial charge on any atom is 0.330 e. The van der Waals surface area contributed by atoms with Gasteiger partial charge in [0.15, 0.2) is 0 Å². The van der Waals surface area contributed by atoms with Gasteiger partial charge in [-0.1, -0.05) is 73.8 Å². The number of quaternary nitrogens is 1. The van der Waals surface area contributed by atoms with Crippen molar-refractivity contribution in [2.24, 2.45) is 5.92 Å². The van der Waals surface area contributed by atoms with Crippen LogP contribution in [-0.2, 0) is 32.0 Å². The van der Waals surface area contributed by atoms with E-state index in [0.717, 1.165) is 49.9 Å². The summed E-state index contributed by atoms with van der Waals surface area (Å²) >= 11 is 0. The molecule has 2 aromatic rings. The third-order valence-corrected chi connectivity index (χ3v) is 6.17. The standard InChI is InChI=1S/C29H38NO4/c1-4-28(31)33-20-13-19-30(6-3,23-26-16-11-8-12-17-26)24-27(18-21-34-29(32)5-2)22-25-14-9-7-10-15-25/h4-5,7-12,14-17,27H,1-2,6,13,18-24H2,3H3/q+1. The van der Waals surface area contributed by atoms with Crippen LogP contribution in [0.15, 0.2) is 86.0 Å². The van der Waals surface area contributed by atoms with Crippen LogP contribution < -0.4 is 0 Å². The van der Waals surface area contributed by atoms with Gasteiger partial charge in [-0.05, 0) is 25.3 Å². The highest BCUT2D eigenvalue weighted by atomic mass is 16.5. The minimum absolute atomic E-state index is 0.319. The second-order valence-corrected chi connectivity index (χ2v) is 8.65. The van der Waals surface area contributed by atoms with E-state index in [0.29, 0.717) is 19.1 Å². The molecular weight excluding hydrogens is 426 g/mol. The molecule has 0 N–H and O–H groups in total. The summed E-state index contributed by atoms with van der Waals surface area (Å²) in [6, 6.07) is 20.9. The molecule has 2 rings (SSSR count). The lowest BCUT2D eigenvalue weighted by Crippen LogP contribution is -2.51. The number of benzene rings is 2. The van der Waals surface area contributed by atoms with Crippen LogP contribution >= 0.6 is 0 Å². The highest BCUT2D eigenvalue weighted by Gasteiger charge is 2.30. The van der Waals surface area contributed by atoms with E-state index in [9.17, 15) is 9.59 Å². The van der Waals surface area contributed by atoms with Gasteiger partial charge in [-0.3, -0.25) is 0 Å². The van der Waals surface area contributed by atoms with Gasteiger partial charge >= 0.3 is 11.9 Å². The molecule has 0 bridgehead atoms. The van der Waals surface area contributed by atoms with Crippen LogP contribution in [0.3, 0.4) is 0 Å². The molecule has 182 valence electrons. The fraction of sp³-hybridized carbons (Fsp3) is 0.379. The lowest BCUT2D eigenvalue weighted by Gasteiger charge is -2.41. The Morgan fingerprint density at radius 3 is 2.00 bits per heavy atom. The van der Waals surface area contributed by atoms with E-state index in [1.807, 2.05) is 12.1 Å². The zero-order valence-corrected chi connectivity index (χ0v) is 20.4. The number of nitrogens with zero attached hydrogens (tertiary/aromatic N) is 1. The van der Waals surface area contributed by atoms with Gasteiger partial charge in [-0.15, -0.1) is 0 Å². The van der Waals surface area contributed by atoms with E-state index >= 15 is 0 Å². The Bertz CT molecular complexity index is 897. The Hall–Kier alpha value is -3.18. The molecule has 2 atom stereocenters. The predicted octanol–water partition coefficient (Wildman–Crippen LogP) is 5.12. The number of esters is 2. The molecule has 0 aliphatic heterocycles. The van der Waals surface area contributed by atoms with Gasteiger partial charge in [0.05, 0.1) is 32.8 Å². The normalized spacial score (nSPS) is 13.3. The predicted molar refractivity (Wildman–Crippen MR) is 136 cm³/mol. The first kappa shape index (κ1) is 27.1. The number of hydrogen-bond acceptors (Lipinski definition) is 4. The van der Waals surface area contributed by atoms with Gasteiger partial charge < -0.3 is 14.0 Å². The molecule has 0 aliphatic rings. The number of hydrogen-bond donors (Lipinski definition) is 0. The van der Waals surface area contributed by atoms with Crippen molar-refractivity contribution >= 4 is 11.9 Å². The van der Waals surface area contributed by atoms with Crippen LogP contribution in [0.4, 0.5) is 0 Å². The zero-order valence-electron chi connectivity index (χ0n) is 20.4. The van der Waals surface area contributed by atoms with E-state index < -0.39 is 0 Å². The summed E-state index contributed by atoms with van der Waals surface area (Å²) in [4.78, 5) is 23.1. The SMILES string of the molecule is C=CC(=O)OCCC[N+](CC)(Cc1ccccc1)CC(CCOC(=O)C=C)Cc1ccccc1. The molecule has 0 heterocycles. The number of rotatable bonds is 16. The van der Waals surface area contributed by atoms with Crippen LogP contribution in [0.5, 0.6) is 0 Å². The van der Waals surface area contributed by atoms with Gasteiger partial charge in [0.1, 0.15) is 6.54 Å². The van der Waals surface area contributed by atoms with Crippen LogP contribution in [0.1, 0.15) is 30.9 Å². The van der Waals surface area contributed by atoms with Crippen molar-refractivity contribution in [2.75, 3.05) is 32.8 Å². The van der Waals surface area contributed by atoms with Crippen LogP contribution in [0.25, 0.3) is 0 Å². The second kappa shape index (κ2) is 14.9. The summed E-state index contributed by atoms with van der Waals surface area (Å²) in [7, 11) is 0. The second-order valence-electron chi connectivity index (χ2n) is 8.65. The summed E-state index contributed by atoms with van der Waals surface area (Å²) in [5.74, 6) is -0.453. The minimum atomic E-state index is -0.386. The Morgan fingerprint density at radius 2 is 1.44 bits per heavy atom. The molecule has 0 aromatic heterocycles. The van der Waals surface area contributed by atoms with Crippen molar-refractivity contribution in [2.45, 2.75) is 32.7 Å². The first-order chi connectivity index (χ1) is 16.5. The highest BCUT2D eigenvalue weighted by Crippen LogP contribution is 2.23. The van der Waals surface area contributed by atoms with E-state index in [1.54, 1.807) is 0 Å². The molecule has 0 spiro atoms. The molecule has 5 heteroatoms. The summed E-state index contributed by atoms with van der Waals surface area (Å²) in [5, 5.41) is 0. The van der Waals surface area contributed by atoms with E-state index in [2.05, 4.69) is 68.6 Å². The molecule has 0 saturated carbocycles. The Morgan fingerprint density at radius 1 is 0.882 bits per heavy atom. The van der Waals surface area contributed by atoms with Crippen LogP contribution in [0.2, 0.25) is 0 Å². The van der Waals surface area contributed by atoms with Crippen molar-refractivity contribution in [3.63, 3.8) is 0 Å². The first-order valence-corrected chi connectivity index (χ1v) is 12.0. The minimum Gasteiger partial charge on any atom is -0.463 e. The average Bonchev–Trinajstić information content (AvgIpc) is 2.87. The molecule has 5 nitrogen and oxygen atoms in total. The van der Waals surface area contributed by atoms with Crippen molar-refractivity contribution in [3.8, 4) is 0 Å². The van der Waals surface area contributed by atoms with Crippen molar-refractivity contribution in [1.29, 1.82) is 0 Å². The summed E-state index contributed by atoms with van der Waals surface area (Å²) < 4.78 is 11.4. The third-order valence-electron chi connectivity index (χ3n) is 6.17. The number of carbonyl (C=O) groups is 2. The molecule has 0 amide bonds. The molecule has 34 heavy (non-hydrogen) atoms. The Kier molecular flexibility index (Phi) is 11.8. The van der Waals surface area contributed by atoms with Gasteiger partial charge in [0.25, 0.3) is 0 Å². The van der Waals surface area contributed by atoms with Gasteiger partial charge in [-0.25, -0.2) is 9.59 Å². The molecular formula is C29H38NO4+. The fourth-order valence-corrected chi connectivity index (χ4v) is 4.37. The van der Waals surface area contributed by atoms with Crippen molar-refractivity contribution in [1.82, 2.24) is 0 Å². The number of carbonyl (C=O) groups excluding carboxylic acids is 2. The van der Waals surface area contributed by atoms with Gasteiger partial charge in [-0.2, -0.15) is 0 Å². The Balaban J connectivity index is 2.20. The quantitative estimate of drug-likeness (QED) is 0.150. The topological polar surface area (TPSA) is 52.6 Å². The van der Waals surface area contributed by atoms with Gasteiger partial charge in [0.2, 0.25) is 0 Å². The third kappa shape index (κ3) is 9.75. The molecule has 2 aromatic carbocycles. The highest BCUT2D eigenvalue weighted by molar-refractivity contribution is 5.81. The first-order valence-electron chi connectivity index (χ1n) is 12.0. The summed E-state index contributed by atoms with van der Waals surface area (Å²) in [6.45, 7) is 13.6. The molecule has 0 aliphatic carbocycles. The summed E-state index contributed by atoms with van der Waals surface area (Å²) in [6.07, 6.45) is 4.86.